The van der Waals surface area contributed by atoms with Gasteiger partial charge in [-0.2, -0.15) is 15.0 Å². The van der Waals surface area contributed by atoms with Crippen LogP contribution in [0.25, 0.3) is 0 Å². The van der Waals surface area contributed by atoms with Gasteiger partial charge < -0.3 is 20.3 Å². The summed E-state index contributed by atoms with van der Waals surface area (Å²) >= 11 is 6.03. The average molecular weight is 351 g/mol. The maximum Gasteiger partial charge on any atom is 0.321 e. The highest BCUT2D eigenvalue weighted by Gasteiger charge is 2.10. The zero-order valence-electron chi connectivity index (χ0n) is 13.9. The van der Waals surface area contributed by atoms with Gasteiger partial charge in [0.05, 0.1) is 13.7 Å². The van der Waals surface area contributed by atoms with E-state index >= 15 is 0 Å². The predicted molar refractivity (Wildman–Crippen MR) is 92.8 cm³/mol. The average Bonchev–Trinajstić information content (AvgIpc) is 2.56. The third kappa shape index (κ3) is 4.69. The van der Waals surface area contributed by atoms with Gasteiger partial charge in [0.15, 0.2) is 5.82 Å². The van der Waals surface area contributed by atoms with Crippen molar-refractivity contribution in [1.82, 2.24) is 20.3 Å². The lowest BCUT2D eigenvalue weighted by molar-refractivity contribution is 0.251. The molecule has 0 bridgehead atoms. The number of hydrogen-bond donors (Lipinski definition) is 2. The van der Waals surface area contributed by atoms with Crippen LogP contribution in [-0.4, -0.2) is 42.2 Å². The fourth-order valence-electron chi connectivity index (χ4n) is 1.76. The molecule has 24 heavy (non-hydrogen) atoms. The number of aryl methyl sites for hydroxylation is 1. The van der Waals surface area contributed by atoms with Crippen molar-refractivity contribution in [2.75, 3.05) is 31.4 Å². The Balaban J connectivity index is 2.00. The monoisotopic (exact) mass is 350 g/mol. The van der Waals surface area contributed by atoms with Crippen LogP contribution in [0.4, 0.5) is 16.4 Å². The van der Waals surface area contributed by atoms with Crippen LogP contribution in [-0.2, 0) is 6.54 Å². The molecule has 0 aliphatic heterocycles. The number of anilines is 2. The second-order valence-electron chi connectivity index (χ2n) is 5.20. The highest BCUT2D eigenvalue weighted by molar-refractivity contribution is 6.31. The molecule has 2 rings (SSSR count). The van der Waals surface area contributed by atoms with Crippen LogP contribution in [0.3, 0.4) is 0 Å². The number of ether oxygens (including phenoxy) is 1. The van der Waals surface area contributed by atoms with E-state index in [4.69, 9.17) is 16.3 Å². The number of nitrogens with zero attached hydrogens (tertiary/aromatic N) is 4. The Morgan fingerprint density at radius 2 is 2.04 bits per heavy atom. The van der Waals surface area contributed by atoms with E-state index in [2.05, 4.69) is 25.6 Å². The van der Waals surface area contributed by atoms with Crippen LogP contribution in [0.5, 0.6) is 6.01 Å². The van der Waals surface area contributed by atoms with E-state index in [0.29, 0.717) is 22.5 Å². The molecule has 0 spiro atoms. The number of methoxy groups -OCH3 is 1. The Morgan fingerprint density at radius 1 is 1.29 bits per heavy atom. The van der Waals surface area contributed by atoms with Gasteiger partial charge in [-0.1, -0.05) is 17.7 Å². The molecule has 0 aliphatic rings. The van der Waals surface area contributed by atoms with Gasteiger partial charge in [-0.3, -0.25) is 0 Å². The van der Waals surface area contributed by atoms with Crippen molar-refractivity contribution in [2.45, 2.75) is 13.5 Å². The Morgan fingerprint density at radius 3 is 2.67 bits per heavy atom. The molecule has 9 heteroatoms. The van der Waals surface area contributed by atoms with Crippen molar-refractivity contribution in [3.63, 3.8) is 0 Å². The zero-order chi connectivity index (χ0) is 17.7. The van der Waals surface area contributed by atoms with Crippen LogP contribution >= 0.6 is 11.6 Å². The first-order valence-electron chi connectivity index (χ1n) is 7.16. The quantitative estimate of drug-likeness (QED) is 0.859. The second-order valence-corrected chi connectivity index (χ2v) is 5.61. The fraction of sp³-hybridized carbons (Fsp3) is 0.333. The van der Waals surface area contributed by atoms with Gasteiger partial charge in [-0.15, -0.1) is 0 Å². The minimum atomic E-state index is -0.388. The van der Waals surface area contributed by atoms with Crippen molar-refractivity contribution in [2.24, 2.45) is 0 Å². The standard InChI is InChI=1S/C15H19ClN6O2/c1-9-5-6-10(7-11(9)16)18-14(23)17-8-12-19-13(22(2)3)21-15(20-12)24-4/h5-7H,8H2,1-4H3,(H2,17,18,23). The first-order valence-corrected chi connectivity index (χ1v) is 7.54. The molecule has 0 fully saturated rings. The van der Waals surface area contributed by atoms with Crippen LogP contribution in [0.1, 0.15) is 11.4 Å². The molecule has 0 atom stereocenters. The Bertz CT molecular complexity index is 738. The number of rotatable bonds is 5. The smallest absolute Gasteiger partial charge is 0.321 e. The second kappa shape index (κ2) is 7.78. The first-order chi connectivity index (χ1) is 11.4. The van der Waals surface area contributed by atoms with E-state index < -0.39 is 0 Å². The van der Waals surface area contributed by atoms with Gasteiger partial charge in [0.25, 0.3) is 0 Å². The van der Waals surface area contributed by atoms with Crippen molar-refractivity contribution in [3.8, 4) is 6.01 Å². The Hall–Kier alpha value is -2.61. The topological polar surface area (TPSA) is 92.3 Å². The highest BCUT2D eigenvalue weighted by Crippen LogP contribution is 2.19. The molecule has 0 unspecified atom stereocenters. The van der Waals surface area contributed by atoms with Crippen molar-refractivity contribution in [1.29, 1.82) is 0 Å². The molecular weight excluding hydrogens is 332 g/mol. The van der Waals surface area contributed by atoms with Gasteiger partial charge in [-0.25, -0.2) is 4.79 Å². The lowest BCUT2D eigenvalue weighted by Crippen LogP contribution is -2.29. The molecule has 0 aliphatic carbocycles. The van der Waals surface area contributed by atoms with Crippen LogP contribution in [0.2, 0.25) is 5.02 Å². The number of amides is 2. The maximum absolute atomic E-state index is 12.0. The number of halogens is 1. The maximum atomic E-state index is 12.0. The summed E-state index contributed by atoms with van der Waals surface area (Å²) in [5.74, 6) is 0.840. The largest absolute Gasteiger partial charge is 0.467 e. The molecule has 2 N–H and O–H groups in total. The van der Waals surface area contributed by atoms with Crippen LogP contribution < -0.4 is 20.3 Å². The molecule has 0 saturated heterocycles. The van der Waals surface area contributed by atoms with Crippen molar-refractivity contribution in [3.05, 3.63) is 34.6 Å². The minimum Gasteiger partial charge on any atom is -0.467 e. The number of carbonyl (C=O) groups is 1. The van der Waals surface area contributed by atoms with E-state index in [0.717, 1.165) is 5.56 Å². The van der Waals surface area contributed by atoms with Crippen molar-refractivity contribution < 1.29 is 9.53 Å². The number of aromatic nitrogens is 3. The molecule has 0 saturated carbocycles. The summed E-state index contributed by atoms with van der Waals surface area (Å²) < 4.78 is 5.04. The first kappa shape index (κ1) is 17.7. The summed E-state index contributed by atoms with van der Waals surface area (Å²) in [5.41, 5.74) is 1.54. The molecule has 8 nitrogen and oxygen atoms in total. The molecule has 1 heterocycles. The van der Waals surface area contributed by atoms with E-state index in [1.165, 1.54) is 7.11 Å². The summed E-state index contributed by atoms with van der Waals surface area (Å²) in [5, 5.41) is 5.97. The zero-order valence-corrected chi connectivity index (χ0v) is 14.7. The lowest BCUT2D eigenvalue weighted by atomic mass is 10.2. The van der Waals surface area contributed by atoms with E-state index in [1.807, 2.05) is 13.0 Å². The highest BCUT2D eigenvalue weighted by atomic mass is 35.5. The fourth-order valence-corrected chi connectivity index (χ4v) is 1.94. The molecule has 128 valence electrons. The molecular formula is C15H19ClN6O2. The number of benzene rings is 1. The number of hydrogen-bond acceptors (Lipinski definition) is 6. The Labute approximate surface area is 145 Å². The van der Waals surface area contributed by atoms with Gasteiger partial charge in [0.2, 0.25) is 5.95 Å². The lowest BCUT2D eigenvalue weighted by Gasteiger charge is -2.12. The third-order valence-electron chi connectivity index (χ3n) is 3.07. The van der Waals surface area contributed by atoms with E-state index in [-0.39, 0.29) is 18.6 Å². The number of nitrogens with one attached hydrogen (secondary N) is 2. The summed E-state index contributed by atoms with van der Waals surface area (Å²) in [6.45, 7) is 2.02. The summed E-state index contributed by atoms with van der Waals surface area (Å²) in [7, 11) is 5.08. The number of urea groups is 1. The van der Waals surface area contributed by atoms with E-state index in [9.17, 15) is 4.79 Å². The minimum absolute atomic E-state index is 0.130. The molecule has 0 radical (unpaired) electrons. The molecule has 2 aromatic rings. The van der Waals surface area contributed by atoms with Crippen LogP contribution in [0, 0.1) is 6.92 Å². The molecule has 1 aromatic carbocycles. The van der Waals surface area contributed by atoms with Gasteiger partial charge in [0.1, 0.15) is 0 Å². The van der Waals surface area contributed by atoms with Gasteiger partial charge in [-0.05, 0) is 24.6 Å². The molecule has 2 amide bonds. The van der Waals surface area contributed by atoms with Crippen LogP contribution in [0.15, 0.2) is 18.2 Å². The normalized spacial score (nSPS) is 10.2. The summed E-state index contributed by atoms with van der Waals surface area (Å²) in [6.07, 6.45) is 0. The SMILES string of the molecule is COc1nc(CNC(=O)Nc2ccc(C)c(Cl)c2)nc(N(C)C)n1. The predicted octanol–water partition coefficient (Wildman–Crippen LogP) is 2.23. The summed E-state index contributed by atoms with van der Waals surface area (Å²) in [6, 6.07) is 5.10. The van der Waals surface area contributed by atoms with Crippen molar-refractivity contribution >= 4 is 29.3 Å². The number of carbonyl (C=O) groups excluding carboxylic acids is 1. The van der Waals surface area contributed by atoms with Gasteiger partial charge in [0, 0.05) is 24.8 Å². The Kier molecular flexibility index (Phi) is 5.75. The summed E-state index contributed by atoms with van der Waals surface area (Å²) in [4.78, 5) is 26.2. The third-order valence-corrected chi connectivity index (χ3v) is 3.48. The van der Waals surface area contributed by atoms with Gasteiger partial charge >= 0.3 is 12.0 Å². The van der Waals surface area contributed by atoms with E-state index in [1.54, 1.807) is 31.1 Å². The molecule has 1 aromatic heterocycles.